The molecule has 1 heterocycles. The normalized spacial score (nSPS) is 10.1. The molecule has 0 amide bonds. The van der Waals surface area contributed by atoms with Crippen LogP contribution < -0.4 is 10.5 Å². The van der Waals surface area contributed by atoms with Crippen molar-refractivity contribution in [1.82, 2.24) is 9.55 Å². The molecule has 1 aromatic carbocycles. The van der Waals surface area contributed by atoms with Crippen LogP contribution in [0.2, 0.25) is 5.02 Å². The molecule has 2 aromatic rings. The van der Waals surface area contributed by atoms with Gasteiger partial charge in [-0.2, -0.15) is 0 Å². The number of anilines is 1. The van der Waals surface area contributed by atoms with Crippen LogP contribution in [0.15, 0.2) is 24.5 Å². The first-order chi connectivity index (χ1) is 8.69. The number of halogens is 1. The first-order valence-corrected chi connectivity index (χ1v) is 5.63. The van der Waals surface area contributed by atoms with Crippen molar-refractivity contribution in [3.63, 3.8) is 0 Å². The second kappa shape index (κ2) is 5.03. The molecular formula is C13H12ClN3O. The van der Waals surface area contributed by atoms with Gasteiger partial charge < -0.3 is 15.0 Å². The topological polar surface area (TPSA) is 53.1 Å². The average Bonchev–Trinajstić information content (AvgIpc) is 2.71. The first-order valence-electron chi connectivity index (χ1n) is 5.26. The second-order valence-electron chi connectivity index (χ2n) is 3.63. The molecule has 0 radical (unpaired) electrons. The molecule has 0 bridgehead atoms. The molecule has 0 aliphatic carbocycles. The molecule has 0 unspecified atom stereocenters. The standard InChI is InChI=1S/C13H12ClN3O/c1-3-7-17-8-16-12(13(17)15)11-9(14)5-4-6-10(11)18-2/h1,4-6,8H,7,15H2,2H3. The van der Waals surface area contributed by atoms with E-state index < -0.39 is 0 Å². The van der Waals surface area contributed by atoms with Crippen molar-refractivity contribution in [2.75, 3.05) is 12.8 Å². The second-order valence-corrected chi connectivity index (χ2v) is 4.03. The summed E-state index contributed by atoms with van der Waals surface area (Å²) in [4.78, 5) is 4.25. The molecule has 2 N–H and O–H groups in total. The highest BCUT2D eigenvalue weighted by atomic mass is 35.5. The Morgan fingerprint density at radius 2 is 2.33 bits per heavy atom. The molecule has 0 fully saturated rings. The van der Waals surface area contributed by atoms with Crippen LogP contribution in [0.5, 0.6) is 5.75 Å². The highest BCUT2D eigenvalue weighted by Gasteiger charge is 2.17. The molecule has 18 heavy (non-hydrogen) atoms. The van der Waals surface area contributed by atoms with Gasteiger partial charge in [0.2, 0.25) is 0 Å². The quantitative estimate of drug-likeness (QED) is 0.864. The Morgan fingerprint density at radius 1 is 1.56 bits per heavy atom. The summed E-state index contributed by atoms with van der Waals surface area (Å²) in [5, 5.41) is 0.534. The highest BCUT2D eigenvalue weighted by molar-refractivity contribution is 6.33. The van der Waals surface area contributed by atoms with E-state index in [0.717, 1.165) is 0 Å². The van der Waals surface area contributed by atoms with Gasteiger partial charge in [0.15, 0.2) is 0 Å². The highest BCUT2D eigenvalue weighted by Crippen LogP contribution is 2.38. The fourth-order valence-corrected chi connectivity index (χ4v) is 1.97. The third-order valence-electron chi connectivity index (χ3n) is 2.57. The summed E-state index contributed by atoms with van der Waals surface area (Å²) in [5.74, 6) is 3.61. The van der Waals surface area contributed by atoms with Crippen LogP contribution in [-0.4, -0.2) is 16.7 Å². The maximum Gasteiger partial charge on any atom is 0.132 e. The Kier molecular flexibility index (Phi) is 3.45. The van der Waals surface area contributed by atoms with E-state index in [1.165, 1.54) is 0 Å². The predicted octanol–water partition coefficient (Wildman–Crippen LogP) is 2.43. The number of ether oxygens (including phenoxy) is 1. The third-order valence-corrected chi connectivity index (χ3v) is 2.89. The Labute approximate surface area is 110 Å². The van der Waals surface area contributed by atoms with Gasteiger partial charge in [-0.3, -0.25) is 0 Å². The number of rotatable bonds is 3. The number of imidazole rings is 1. The minimum absolute atomic E-state index is 0.367. The van der Waals surface area contributed by atoms with Gasteiger partial charge >= 0.3 is 0 Å². The largest absolute Gasteiger partial charge is 0.496 e. The fraction of sp³-hybridized carbons (Fsp3) is 0.154. The van der Waals surface area contributed by atoms with Crippen molar-refractivity contribution >= 4 is 17.4 Å². The maximum absolute atomic E-state index is 6.18. The van der Waals surface area contributed by atoms with Crippen LogP contribution in [0.4, 0.5) is 5.82 Å². The summed E-state index contributed by atoms with van der Waals surface area (Å²) < 4.78 is 6.95. The van der Waals surface area contributed by atoms with Crippen molar-refractivity contribution in [1.29, 1.82) is 0 Å². The molecule has 4 nitrogen and oxygen atoms in total. The zero-order valence-corrected chi connectivity index (χ0v) is 10.6. The Bertz CT molecular complexity index is 613. The fourth-order valence-electron chi connectivity index (χ4n) is 1.71. The summed E-state index contributed by atoms with van der Waals surface area (Å²) in [6.45, 7) is 0.367. The molecule has 0 spiro atoms. The van der Waals surface area contributed by atoms with Gasteiger partial charge in [0.05, 0.1) is 30.6 Å². The summed E-state index contributed by atoms with van der Waals surface area (Å²) in [6, 6.07) is 5.37. The summed E-state index contributed by atoms with van der Waals surface area (Å²) in [5.41, 5.74) is 7.26. The number of methoxy groups -OCH3 is 1. The zero-order chi connectivity index (χ0) is 13.1. The van der Waals surface area contributed by atoms with Gasteiger partial charge in [0.25, 0.3) is 0 Å². The summed E-state index contributed by atoms with van der Waals surface area (Å²) in [6.07, 6.45) is 6.85. The smallest absolute Gasteiger partial charge is 0.132 e. The number of terminal acetylenes is 1. The zero-order valence-electron chi connectivity index (χ0n) is 9.85. The number of benzene rings is 1. The van der Waals surface area contributed by atoms with E-state index in [9.17, 15) is 0 Å². The van der Waals surface area contributed by atoms with Crippen molar-refractivity contribution in [2.45, 2.75) is 6.54 Å². The lowest BCUT2D eigenvalue weighted by Gasteiger charge is -2.09. The van der Waals surface area contributed by atoms with Crippen LogP contribution >= 0.6 is 11.6 Å². The SMILES string of the molecule is C#CCn1cnc(-c2c(Cl)cccc2OC)c1N. The predicted molar refractivity (Wildman–Crippen MR) is 72.5 cm³/mol. The maximum atomic E-state index is 6.18. The lowest BCUT2D eigenvalue weighted by Crippen LogP contribution is -2.01. The van der Waals surface area contributed by atoms with Crippen molar-refractivity contribution in [2.24, 2.45) is 0 Å². The number of nitrogens with zero attached hydrogens (tertiary/aromatic N) is 2. The minimum Gasteiger partial charge on any atom is -0.496 e. The molecule has 2 rings (SSSR count). The van der Waals surface area contributed by atoms with Crippen LogP contribution in [0.3, 0.4) is 0 Å². The number of hydrogen-bond acceptors (Lipinski definition) is 3. The van der Waals surface area contributed by atoms with Crippen molar-refractivity contribution in [3.8, 4) is 29.4 Å². The van der Waals surface area contributed by atoms with Gasteiger partial charge in [-0.25, -0.2) is 4.98 Å². The van der Waals surface area contributed by atoms with E-state index in [-0.39, 0.29) is 0 Å². The third kappa shape index (κ3) is 2.01. The van der Waals surface area contributed by atoms with E-state index >= 15 is 0 Å². The molecule has 92 valence electrons. The molecule has 0 saturated carbocycles. The Morgan fingerprint density at radius 3 is 3.00 bits per heavy atom. The van der Waals surface area contributed by atoms with Crippen molar-refractivity contribution in [3.05, 3.63) is 29.5 Å². The lowest BCUT2D eigenvalue weighted by atomic mass is 10.1. The van der Waals surface area contributed by atoms with Gasteiger partial charge in [-0.15, -0.1) is 6.42 Å². The van der Waals surface area contributed by atoms with Crippen LogP contribution in [0, 0.1) is 12.3 Å². The molecule has 0 aliphatic rings. The number of hydrogen-bond donors (Lipinski definition) is 1. The molecule has 0 atom stereocenters. The Balaban J connectivity index is 2.59. The van der Waals surface area contributed by atoms with Gasteiger partial charge in [0.1, 0.15) is 17.3 Å². The average molecular weight is 262 g/mol. The number of nitrogens with two attached hydrogens (primary N) is 1. The molecule has 1 aromatic heterocycles. The monoisotopic (exact) mass is 261 g/mol. The van der Waals surface area contributed by atoms with E-state index in [1.54, 1.807) is 36.2 Å². The van der Waals surface area contributed by atoms with Gasteiger partial charge in [-0.1, -0.05) is 23.6 Å². The number of aromatic nitrogens is 2. The molecule has 5 heteroatoms. The van der Waals surface area contributed by atoms with Crippen LogP contribution in [0.25, 0.3) is 11.3 Å². The minimum atomic E-state index is 0.367. The molecular weight excluding hydrogens is 250 g/mol. The van der Waals surface area contributed by atoms with Crippen LogP contribution in [0.1, 0.15) is 0 Å². The van der Waals surface area contributed by atoms with Gasteiger partial charge in [-0.05, 0) is 12.1 Å². The summed E-state index contributed by atoms with van der Waals surface area (Å²) in [7, 11) is 1.57. The van der Waals surface area contributed by atoms with E-state index in [2.05, 4.69) is 10.9 Å². The van der Waals surface area contributed by atoms with E-state index in [4.69, 9.17) is 28.5 Å². The van der Waals surface area contributed by atoms with E-state index in [1.807, 2.05) is 0 Å². The summed E-state index contributed by atoms with van der Waals surface area (Å²) >= 11 is 6.18. The number of nitrogen functional groups attached to an aromatic ring is 1. The van der Waals surface area contributed by atoms with Crippen LogP contribution in [-0.2, 0) is 6.54 Å². The molecule has 0 aliphatic heterocycles. The Hall–Kier alpha value is -2.12. The lowest BCUT2D eigenvalue weighted by molar-refractivity contribution is 0.416. The van der Waals surface area contributed by atoms with E-state index in [0.29, 0.717) is 34.4 Å². The molecule has 0 saturated heterocycles. The van der Waals surface area contributed by atoms with Crippen molar-refractivity contribution < 1.29 is 4.74 Å². The van der Waals surface area contributed by atoms with Gasteiger partial charge in [0, 0.05) is 0 Å². The first kappa shape index (κ1) is 12.3.